The first-order chi connectivity index (χ1) is 9.97. The van der Waals surface area contributed by atoms with E-state index in [0.29, 0.717) is 10.6 Å². The molecule has 0 bridgehead atoms. The topological polar surface area (TPSA) is 21.3 Å². The molecular formula is C16H16ClF2NO. The van der Waals surface area contributed by atoms with Crippen molar-refractivity contribution in [2.45, 2.75) is 26.5 Å². The molecule has 21 heavy (non-hydrogen) atoms. The molecule has 2 aromatic rings. The molecule has 0 radical (unpaired) electrons. The number of benzene rings is 2. The van der Waals surface area contributed by atoms with Gasteiger partial charge in [-0.3, -0.25) is 0 Å². The van der Waals surface area contributed by atoms with Gasteiger partial charge in [-0.1, -0.05) is 29.8 Å². The van der Waals surface area contributed by atoms with Crippen molar-refractivity contribution >= 4 is 17.3 Å². The normalized spacial score (nSPS) is 12.3. The first kappa shape index (κ1) is 15.6. The van der Waals surface area contributed by atoms with Crippen molar-refractivity contribution in [1.82, 2.24) is 0 Å². The van der Waals surface area contributed by atoms with Crippen LogP contribution in [0.1, 0.15) is 24.1 Å². The zero-order chi connectivity index (χ0) is 15.4. The molecule has 0 heterocycles. The fourth-order valence-corrected chi connectivity index (χ4v) is 2.37. The second kappa shape index (κ2) is 6.76. The quantitative estimate of drug-likeness (QED) is 0.795. The summed E-state index contributed by atoms with van der Waals surface area (Å²) < 4.78 is 29.4. The van der Waals surface area contributed by atoms with Gasteiger partial charge >= 0.3 is 6.61 Å². The fourth-order valence-electron chi connectivity index (χ4n) is 2.14. The number of aryl methyl sites for hydroxylation is 1. The van der Waals surface area contributed by atoms with Crippen LogP contribution < -0.4 is 10.1 Å². The van der Waals surface area contributed by atoms with Gasteiger partial charge in [-0.15, -0.1) is 0 Å². The molecule has 0 aromatic heterocycles. The largest absolute Gasteiger partial charge is 0.434 e. The highest BCUT2D eigenvalue weighted by Gasteiger charge is 2.15. The van der Waals surface area contributed by atoms with E-state index in [9.17, 15) is 8.78 Å². The van der Waals surface area contributed by atoms with Crippen LogP contribution >= 0.6 is 11.6 Å². The van der Waals surface area contributed by atoms with Crippen molar-refractivity contribution in [1.29, 1.82) is 0 Å². The van der Waals surface area contributed by atoms with Crippen molar-refractivity contribution in [2.75, 3.05) is 5.32 Å². The Morgan fingerprint density at radius 3 is 2.52 bits per heavy atom. The number of rotatable bonds is 5. The molecule has 0 spiro atoms. The molecule has 2 rings (SSSR count). The van der Waals surface area contributed by atoms with E-state index in [0.717, 1.165) is 11.3 Å². The monoisotopic (exact) mass is 311 g/mol. The minimum Gasteiger partial charge on any atom is -0.434 e. The fraction of sp³-hybridized carbons (Fsp3) is 0.250. The summed E-state index contributed by atoms with van der Waals surface area (Å²) in [4.78, 5) is 0. The predicted octanol–water partition coefficient (Wildman–Crippen LogP) is 5.42. The maximum absolute atomic E-state index is 12.4. The zero-order valence-electron chi connectivity index (χ0n) is 11.7. The number of nitrogens with one attached hydrogen (secondary N) is 1. The predicted molar refractivity (Wildman–Crippen MR) is 81.3 cm³/mol. The molecule has 2 aromatic carbocycles. The molecule has 1 atom stereocenters. The Morgan fingerprint density at radius 1 is 1.14 bits per heavy atom. The molecular weight excluding hydrogens is 296 g/mol. The number of ether oxygens (including phenoxy) is 1. The standard InChI is InChI=1S/C16H16ClF2NO/c1-10-9-12(17)7-8-14(10)20-11(2)13-5-3-4-6-15(13)21-16(18)19/h3-9,11,16,20H,1-2H3. The highest BCUT2D eigenvalue weighted by atomic mass is 35.5. The maximum Gasteiger partial charge on any atom is 0.387 e. The van der Waals surface area contributed by atoms with Crippen LogP contribution in [0.4, 0.5) is 14.5 Å². The van der Waals surface area contributed by atoms with E-state index in [1.165, 1.54) is 6.07 Å². The lowest BCUT2D eigenvalue weighted by Gasteiger charge is -2.20. The maximum atomic E-state index is 12.4. The highest BCUT2D eigenvalue weighted by molar-refractivity contribution is 6.30. The Balaban J connectivity index is 2.22. The molecule has 0 aliphatic carbocycles. The Bertz CT molecular complexity index is 619. The van der Waals surface area contributed by atoms with Gasteiger partial charge in [0.15, 0.2) is 0 Å². The lowest BCUT2D eigenvalue weighted by molar-refractivity contribution is -0.0505. The van der Waals surface area contributed by atoms with Gasteiger partial charge in [0.1, 0.15) is 5.75 Å². The molecule has 0 saturated heterocycles. The molecule has 1 N–H and O–H groups in total. The first-order valence-electron chi connectivity index (χ1n) is 6.54. The summed E-state index contributed by atoms with van der Waals surface area (Å²) in [6.45, 7) is 0.986. The minimum absolute atomic E-state index is 0.180. The van der Waals surface area contributed by atoms with E-state index in [1.54, 1.807) is 24.3 Å². The van der Waals surface area contributed by atoms with Crippen LogP contribution in [0.2, 0.25) is 5.02 Å². The van der Waals surface area contributed by atoms with Crippen LogP contribution in [0.25, 0.3) is 0 Å². The SMILES string of the molecule is Cc1cc(Cl)ccc1NC(C)c1ccccc1OC(F)F. The molecule has 5 heteroatoms. The Morgan fingerprint density at radius 2 is 1.86 bits per heavy atom. The van der Waals surface area contributed by atoms with Crippen molar-refractivity contribution in [3.63, 3.8) is 0 Å². The van der Waals surface area contributed by atoms with E-state index in [1.807, 2.05) is 26.0 Å². The van der Waals surface area contributed by atoms with Crippen molar-refractivity contribution in [3.05, 3.63) is 58.6 Å². The van der Waals surface area contributed by atoms with Gasteiger partial charge in [0.25, 0.3) is 0 Å². The molecule has 0 aliphatic heterocycles. The number of hydrogen-bond donors (Lipinski definition) is 1. The van der Waals surface area contributed by atoms with Crippen LogP contribution in [-0.2, 0) is 0 Å². The van der Waals surface area contributed by atoms with Gasteiger partial charge in [0.05, 0.1) is 6.04 Å². The third kappa shape index (κ3) is 4.08. The number of alkyl halides is 2. The number of anilines is 1. The molecule has 2 nitrogen and oxygen atoms in total. The first-order valence-corrected chi connectivity index (χ1v) is 6.91. The molecule has 0 amide bonds. The lowest BCUT2D eigenvalue weighted by Crippen LogP contribution is -2.11. The van der Waals surface area contributed by atoms with Crippen LogP contribution in [0.3, 0.4) is 0 Å². The second-order valence-corrected chi connectivity index (χ2v) is 5.18. The summed E-state index contributed by atoms with van der Waals surface area (Å²) >= 11 is 5.92. The van der Waals surface area contributed by atoms with Crippen molar-refractivity contribution in [2.24, 2.45) is 0 Å². The lowest BCUT2D eigenvalue weighted by atomic mass is 10.1. The van der Waals surface area contributed by atoms with Gasteiger partial charge in [-0.05, 0) is 43.7 Å². The Hall–Kier alpha value is -1.81. The molecule has 1 unspecified atom stereocenters. The van der Waals surface area contributed by atoms with Crippen LogP contribution in [-0.4, -0.2) is 6.61 Å². The third-order valence-electron chi connectivity index (χ3n) is 3.16. The average molecular weight is 312 g/mol. The van der Waals surface area contributed by atoms with E-state index in [-0.39, 0.29) is 11.8 Å². The summed E-state index contributed by atoms with van der Waals surface area (Å²) in [7, 11) is 0. The third-order valence-corrected chi connectivity index (χ3v) is 3.40. The zero-order valence-corrected chi connectivity index (χ0v) is 12.5. The smallest absolute Gasteiger partial charge is 0.387 e. The van der Waals surface area contributed by atoms with Gasteiger partial charge in [-0.25, -0.2) is 0 Å². The van der Waals surface area contributed by atoms with Gasteiger partial charge in [0, 0.05) is 16.3 Å². The summed E-state index contributed by atoms with van der Waals surface area (Å²) in [6.07, 6.45) is 0. The summed E-state index contributed by atoms with van der Waals surface area (Å²) in [5.41, 5.74) is 2.56. The van der Waals surface area contributed by atoms with E-state index >= 15 is 0 Å². The van der Waals surface area contributed by atoms with E-state index in [4.69, 9.17) is 11.6 Å². The number of halogens is 3. The summed E-state index contributed by atoms with van der Waals surface area (Å²) in [6, 6.07) is 12.1. The Kier molecular flexibility index (Phi) is 5.02. The molecule has 112 valence electrons. The van der Waals surface area contributed by atoms with Gasteiger partial charge < -0.3 is 10.1 Å². The van der Waals surface area contributed by atoms with E-state index < -0.39 is 6.61 Å². The number of hydrogen-bond acceptors (Lipinski definition) is 2. The molecule has 0 fully saturated rings. The summed E-state index contributed by atoms with van der Waals surface area (Å²) in [5.74, 6) is 0.180. The molecule has 0 aliphatic rings. The van der Waals surface area contributed by atoms with Crippen molar-refractivity contribution < 1.29 is 13.5 Å². The minimum atomic E-state index is -2.84. The van der Waals surface area contributed by atoms with Crippen LogP contribution in [0.5, 0.6) is 5.75 Å². The number of para-hydroxylation sites is 1. The Labute approximate surface area is 127 Å². The van der Waals surface area contributed by atoms with Crippen LogP contribution in [0, 0.1) is 6.92 Å². The average Bonchev–Trinajstić information content (AvgIpc) is 2.42. The highest BCUT2D eigenvalue weighted by Crippen LogP contribution is 2.30. The second-order valence-electron chi connectivity index (χ2n) is 4.74. The van der Waals surface area contributed by atoms with Gasteiger partial charge in [0.2, 0.25) is 0 Å². The van der Waals surface area contributed by atoms with Crippen molar-refractivity contribution in [3.8, 4) is 5.75 Å². The van der Waals surface area contributed by atoms with E-state index in [2.05, 4.69) is 10.1 Å². The summed E-state index contributed by atoms with van der Waals surface area (Å²) in [5, 5.41) is 3.94. The van der Waals surface area contributed by atoms with Crippen LogP contribution in [0.15, 0.2) is 42.5 Å². The van der Waals surface area contributed by atoms with Gasteiger partial charge in [-0.2, -0.15) is 8.78 Å². The molecule has 0 saturated carbocycles.